The summed E-state index contributed by atoms with van der Waals surface area (Å²) in [5.74, 6) is 0. The minimum absolute atomic E-state index is 0.180. The van der Waals surface area contributed by atoms with Gasteiger partial charge in [0.1, 0.15) is 0 Å². The topological polar surface area (TPSA) is 6.48 Å². The second-order valence-corrected chi connectivity index (χ2v) is 19.2. The van der Waals surface area contributed by atoms with Gasteiger partial charge in [-0.25, -0.2) is 0 Å². The highest BCUT2D eigenvalue weighted by Crippen LogP contribution is 2.62. The molecule has 1 heterocycles. The van der Waals surface area contributed by atoms with Crippen LogP contribution in [0.25, 0.3) is 56.7 Å². The molecule has 2 heteroatoms. The van der Waals surface area contributed by atoms with Gasteiger partial charge >= 0.3 is 0 Å². The normalized spacial score (nSPS) is 14.5. The first-order valence-corrected chi connectivity index (χ1v) is 23.8. The standard InChI is InChI=1S/C66H46N2/c1-65(2)57-29-14-8-23-49(57)50-40-38-47(42-60(50)65)67(46-37-39-48-51-24-10-16-32-61(51)68(45-21-4-3-5-22-45)62-33-17-11-25-52(62)54(48)41-46)63-34-18-31-59-64(63)53-26-9-15-30-58(53)66(59)55-27-12-6-19-43(55)35-36-44-20-7-13-28-56(44)66/h3-42H,1-2H3. The predicted octanol–water partition coefficient (Wildman–Crippen LogP) is 17.4. The molecule has 10 aromatic rings. The van der Waals surface area contributed by atoms with Crippen LogP contribution in [0.2, 0.25) is 0 Å². The number of fused-ring (bicyclic) bond motifs is 17. The summed E-state index contributed by atoms with van der Waals surface area (Å²) in [6, 6.07) is 86.3. The van der Waals surface area contributed by atoms with Crippen LogP contribution < -0.4 is 9.80 Å². The van der Waals surface area contributed by atoms with Crippen LogP contribution in [0.1, 0.15) is 58.4 Å². The Bertz CT molecular complexity index is 3690. The molecule has 4 aliphatic rings. The van der Waals surface area contributed by atoms with Crippen LogP contribution in [-0.2, 0) is 10.8 Å². The van der Waals surface area contributed by atoms with Gasteiger partial charge in [0.2, 0.25) is 0 Å². The van der Waals surface area contributed by atoms with E-state index in [1.54, 1.807) is 0 Å². The van der Waals surface area contributed by atoms with E-state index in [4.69, 9.17) is 0 Å². The molecule has 0 radical (unpaired) electrons. The molecule has 320 valence electrons. The summed E-state index contributed by atoms with van der Waals surface area (Å²) in [5, 5.41) is 0. The summed E-state index contributed by atoms with van der Waals surface area (Å²) in [6.07, 6.45) is 4.63. The van der Waals surface area contributed by atoms with Crippen molar-refractivity contribution < 1.29 is 0 Å². The van der Waals surface area contributed by atoms with E-state index in [-0.39, 0.29) is 5.41 Å². The van der Waals surface area contributed by atoms with Crippen LogP contribution in [0.15, 0.2) is 231 Å². The minimum atomic E-state index is -0.552. The Morgan fingerprint density at radius 2 is 0.838 bits per heavy atom. The van der Waals surface area contributed by atoms with Crippen molar-refractivity contribution in [3.05, 3.63) is 275 Å². The molecule has 0 aromatic heterocycles. The van der Waals surface area contributed by atoms with Crippen molar-refractivity contribution in [3.63, 3.8) is 0 Å². The molecule has 0 N–H and O–H groups in total. The van der Waals surface area contributed by atoms with Crippen LogP contribution >= 0.6 is 0 Å². The summed E-state index contributed by atoms with van der Waals surface area (Å²) < 4.78 is 0. The van der Waals surface area contributed by atoms with Crippen molar-refractivity contribution in [2.45, 2.75) is 24.7 Å². The van der Waals surface area contributed by atoms with E-state index in [0.717, 1.165) is 34.1 Å². The van der Waals surface area contributed by atoms with Crippen molar-refractivity contribution in [3.8, 4) is 44.5 Å². The monoisotopic (exact) mass is 866 g/mol. The van der Waals surface area contributed by atoms with Gasteiger partial charge in [0, 0.05) is 39.2 Å². The summed E-state index contributed by atoms with van der Waals surface area (Å²) >= 11 is 0. The maximum absolute atomic E-state index is 2.56. The molecule has 2 nitrogen and oxygen atoms in total. The average Bonchev–Trinajstić information content (AvgIpc) is 3.69. The number of benzene rings is 10. The molecule has 0 fully saturated rings. The highest BCUT2D eigenvalue weighted by atomic mass is 15.2. The lowest BCUT2D eigenvalue weighted by atomic mass is 9.66. The average molecular weight is 867 g/mol. The summed E-state index contributed by atoms with van der Waals surface area (Å²) in [7, 11) is 0. The van der Waals surface area contributed by atoms with E-state index in [1.807, 2.05) is 0 Å². The van der Waals surface area contributed by atoms with Crippen LogP contribution in [0.3, 0.4) is 0 Å². The molecule has 0 saturated carbocycles. The number of para-hydroxylation sites is 3. The molecule has 14 rings (SSSR count). The third kappa shape index (κ3) is 5.29. The Labute approximate surface area is 398 Å². The molecule has 10 aromatic carbocycles. The summed E-state index contributed by atoms with van der Waals surface area (Å²) in [5.41, 5.74) is 26.5. The van der Waals surface area contributed by atoms with E-state index in [9.17, 15) is 0 Å². The van der Waals surface area contributed by atoms with Gasteiger partial charge in [-0.05, 0) is 127 Å². The molecular weight excluding hydrogens is 821 g/mol. The molecule has 0 bridgehead atoms. The maximum Gasteiger partial charge on any atom is 0.0725 e. The summed E-state index contributed by atoms with van der Waals surface area (Å²) in [6.45, 7) is 4.77. The zero-order valence-corrected chi connectivity index (χ0v) is 38.0. The molecule has 68 heavy (non-hydrogen) atoms. The van der Waals surface area contributed by atoms with Crippen molar-refractivity contribution in [2.75, 3.05) is 9.80 Å². The van der Waals surface area contributed by atoms with Gasteiger partial charge in [0.15, 0.2) is 0 Å². The zero-order chi connectivity index (χ0) is 45.1. The lowest BCUT2D eigenvalue weighted by Crippen LogP contribution is -2.30. The third-order valence-electron chi connectivity index (χ3n) is 15.4. The van der Waals surface area contributed by atoms with Gasteiger partial charge < -0.3 is 9.80 Å². The molecule has 3 aliphatic carbocycles. The Morgan fingerprint density at radius 3 is 1.53 bits per heavy atom. The molecule has 1 aliphatic heterocycles. The Balaban J connectivity index is 1.07. The Hall–Kier alpha value is -8.46. The van der Waals surface area contributed by atoms with Gasteiger partial charge in [-0.3, -0.25) is 0 Å². The van der Waals surface area contributed by atoms with Gasteiger partial charge in [-0.2, -0.15) is 0 Å². The van der Waals surface area contributed by atoms with Gasteiger partial charge in [0.05, 0.1) is 22.5 Å². The second kappa shape index (κ2) is 14.5. The third-order valence-corrected chi connectivity index (χ3v) is 15.4. The summed E-state index contributed by atoms with van der Waals surface area (Å²) in [4.78, 5) is 5.00. The molecule has 1 spiro atoms. The number of anilines is 6. The van der Waals surface area contributed by atoms with Gasteiger partial charge in [-0.15, -0.1) is 0 Å². The Morgan fingerprint density at radius 1 is 0.338 bits per heavy atom. The van der Waals surface area contributed by atoms with Crippen LogP contribution in [0.5, 0.6) is 0 Å². The largest absolute Gasteiger partial charge is 0.310 e. The fourth-order valence-electron chi connectivity index (χ4n) is 12.5. The molecule has 0 saturated heterocycles. The first kappa shape index (κ1) is 38.8. The van der Waals surface area contributed by atoms with E-state index in [0.29, 0.717) is 0 Å². The number of hydrogen-bond acceptors (Lipinski definition) is 2. The SMILES string of the molecule is CC1(C)c2ccccc2-c2ccc(N(c3ccc4c(c3)-c3ccccc3N(c3ccccc3)c3ccccc3-4)c3cccc4c3-c3ccccc3C43c4ccccc4C=Cc4ccccc43)cc21. The predicted molar refractivity (Wildman–Crippen MR) is 284 cm³/mol. The van der Waals surface area contributed by atoms with Crippen molar-refractivity contribution in [1.82, 2.24) is 0 Å². The van der Waals surface area contributed by atoms with Crippen LogP contribution in [0, 0.1) is 0 Å². The molecule has 0 amide bonds. The highest BCUT2D eigenvalue weighted by Gasteiger charge is 2.49. The number of rotatable bonds is 4. The fourth-order valence-corrected chi connectivity index (χ4v) is 12.5. The minimum Gasteiger partial charge on any atom is -0.310 e. The lowest BCUT2D eigenvalue weighted by Gasteiger charge is -2.36. The number of nitrogens with zero attached hydrogens (tertiary/aromatic N) is 2. The van der Waals surface area contributed by atoms with Crippen LogP contribution in [0.4, 0.5) is 34.1 Å². The molecular formula is C66H46N2. The first-order chi connectivity index (χ1) is 33.5. The van der Waals surface area contributed by atoms with Crippen molar-refractivity contribution in [1.29, 1.82) is 0 Å². The van der Waals surface area contributed by atoms with Gasteiger partial charge in [0.25, 0.3) is 0 Å². The highest BCUT2D eigenvalue weighted by molar-refractivity contribution is 6.05. The fraction of sp³-hybridized carbons (Fsp3) is 0.0606. The van der Waals surface area contributed by atoms with Crippen LogP contribution in [-0.4, -0.2) is 0 Å². The molecule has 0 atom stereocenters. The smallest absolute Gasteiger partial charge is 0.0725 e. The van der Waals surface area contributed by atoms with Crippen molar-refractivity contribution in [2.24, 2.45) is 0 Å². The van der Waals surface area contributed by atoms with E-state index >= 15 is 0 Å². The zero-order valence-electron chi connectivity index (χ0n) is 38.0. The van der Waals surface area contributed by atoms with E-state index < -0.39 is 5.41 Å². The van der Waals surface area contributed by atoms with E-state index in [2.05, 4.69) is 266 Å². The number of hydrogen-bond donors (Lipinski definition) is 0. The van der Waals surface area contributed by atoms with E-state index in [1.165, 1.54) is 89.0 Å². The second-order valence-electron chi connectivity index (χ2n) is 19.2. The maximum atomic E-state index is 2.56. The molecule has 0 unspecified atom stereocenters. The van der Waals surface area contributed by atoms with Gasteiger partial charge in [-0.1, -0.05) is 202 Å². The van der Waals surface area contributed by atoms with Crippen molar-refractivity contribution >= 4 is 46.3 Å². The quantitative estimate of drug-likeness (QED) is 0.174. The lowest BCUT2D eigenvalue weighted by molar-refractivity contribution is 0.660. The first-order valence-electron chi connectivity index (χ1n) is 23.8. The Kier molecular flexibility index (Phi) is 8.28.